The molecule has 16 heavy (non-hydrogen) atoms. The summed E-state index contributed by atoms with van der Waals surface area (Å²) in [5.41, 5.74) is 6.30. The highest BCUT2D eigenvalue weighted by Crippen LogP contribution is 2.41. The predicted octanol–water partition coefficient (Wildman–Crippen LogP) is 4.11. The van der Waals surface area contributed by atoms with Crippen LogP contribution < -0.4 is 5.73 Å². The molecule has 0 aromatic heterocycles. The van der Waals surface area contributed by atoms with E-state index in [9.17, 15) is 0 Å². The highest BCUT2D eigenvalue weighted by Gasteiger charge is 2.33. The zero-order chi connectivity index (χ0) is 11.4. The molecular weight excluding hydrogens is 194 g/mol. The Morgan fingerprint density at radius 2 is 1.12 bits per heavy atom. The summed E-state index contributed by atoms with van der Waals surface area (Å²) in [4.78, 5) is 0. The standard InChI is InChI=1S/C15H29N/c1-12(16)15(13-8-4-2-5-9-13)14-10-6-3-7-11-14/h12-15H,2-11,16H2,1H3. The molecule has 0 aromatic carbocycles. The van der Waals surface area contributed by atoms with Crippen molar-refractivity contribution in [3.63, 3.8) is 0 Å². The fourth-order valence-corrected chi connectivity index (χ4v) is 4.28. The van der Waals surface area contributed by atoms with Crippen LogP contribution in [0.2, 0.25) is 0 Å². The van der Waals surface area contributed by atoms with Crippen molar-refractivity contribution < 1.29 is 0 Å². The number of rotatable bonds is 3. The van der Waals surface area contributed by atoms with Gasteiger partial charge in [0.25, 0.3) is 0 Å². The molecule has 2 aliphatic rings. The largest absolute Gasteiger partial charge is 0.328 e. The minimum absolute atomic E-state index is 0.422. The molecule has 2 rings (SSSR count). The van der Waals surface area contributed by atoms with Gasteiger partial charge in [-0.3, -0.25) is 0 Å². The first-order valence-corrected chi connectivity index (χ1v) is 7.54. The molecule has 1 atom stereocenters. The summed E-state index contributed by atoms with van der Waals surface area (Å²) in [5.74, 6) is 2.74. The lowest BCUT2D eigenvalue weighted by molar-refractivity contribution is 0.124. The maximum atomic E-state index is 6.30. The normalized spacial score (nSPS) is 27.2. The molecule has 0 aliphatic heterocycles. The Morgan fingerprint density at radius 3 is 1.44 bits per heavy atom. The molecule has 2 aliphatic carbocycles. The van der Waals surface area contributed by atoms with Gasteiger partial charge in [-0.05, 0) is 24.7 Å². The van der Waals surface area contributed by atoms with Gasteiger partial charge in [-0.1, -0.05) is 64.2 Å². The molecule has 2 N–H and O–H groups in total. The predicted molar refractivity (Wildman–Crippen MR) is 70.3 cm³/mol. The molecule has 2 saturated carbocycles. The van der Waals surface area contributed by atoms with Gasteiger partial charge < -0.3 is 5.73 Å². The number of hydrogen-bond donors (Lipinski definition) is 1. The average Bonchev–Trinajstić information content (AvgIpc) is 2.31. The lowest BCUT2D eigenvalue weighted by Crippen LogP contribution is -2.39. The summed E-state index contributed by atoms with van der Waals surface area (Å²) < 4.78 is 0. The summed E-state index contributed by atoms with van der Waals surface area (Å²) >= 11 is 0. The van der Waals surface area contributed by atoms with E-state index in [0.29, 0.717) is 6.04 Å². The van der Waals surface area contributed by atoms with E-state index >= 15 is 0 Å². The molecule has 1 heteroatoms. The van der Waals surface area contributed by atoms with Gasteiger partial charge in [-0.15, -0.1) is 0 Å². The quantitative estimate of drug-likeness (QED) is 0.765. The lowest BCUT2D eigenvalue weighted by Gasteiger charge is -2.40. The zero-order valence-corrected chi connectivity index (χ0v) is 11.0. The maximum absolute atomic E-state index is 6.30. The highest BCUT2D eigenvalue weighted by molar-refractivity contribution is 4.86. The third-order valence-electron chi connectivity index (χ3n) is 5.00. The lowest BCUT2D eigenvalue weighted by atomic mass is 9.67. The van der Waals surface area contributed by atoms with Gasteiger partial charge in [-0.2, -0.15) is 0 Å². The zero-order valence-electron chi connectivity index (χ0n) is 11.0. The summed E-state index contributed by atoms with van der Waals surface area (Å²) in [7, 11) is 0. The van der Waals surface area contributed by atoms with Gasteiger partial charge in [0, 0.05) is 6.04 Å². The van der Waals surface area contributed by atoms with Crippen molar-refractivity contribution in [1.82, 2.24) is 0 Å². The van der Waals surface area contributed by atoms with Crippen molar-refractivity contribution in [2.45, 2.75) is 77.2 Å². The van der Waals surface area contributed by atoms with Crippen LogP contribution in [0.1, 0.15) is 71.1 Å². The van der Waals surface area contributed by atoms with Crippen LogP contribution in [0.25, 0.3) is 0 Å². The summed E-state index contributed by atoms with van der Waals surface area (Å²) in [6.45, 7) is 2.26. The summed E-state index contributed by atoms with van der Waals surface area (Å²) in [5, 5.41) is 0. The Bertz CT molecular complexity index is 170. The van der Waals surface area contributed by atoms with E-state index in [2.05, 4.69) is 6.92 Å². The Balaban J connectivity index is 1.96. The summed E-state index contributed by atoms with van der Waals surface area (Å²) in [6.07, 6.45) is 14.6. The molecule has 2 fully saturated rings. The molecule has 1 nitrogen and oxygen atoms in total. The second kappa shape index (κ2) is 6.05. The van der Waals surface area contributed by atoms with Crippen LogP contribution in [0, 0.1) is 17.8 Å². The topological polar surface area (TPSA) is 26.0 Å². The Morgan fingerprint density at radius 1 is 0.750 bits per heavy atom. The van der Waals surface area contributed by atoms with E-state index in [1.807, 2.05) is 0 Å². The van der Waals surface area contributed by atoms with Gasteiger partial charge >= 0.3 is 0 Å². The van der Waals surface area contributed by atoms with Gasteiger partial charge in [0.2, 0.25) is 0 Å². The fraction of sp³-hybridized carbons (Fsp3) is 1.00. The van der Waals surface area contributed by atoms with Gasteiger partial charge in [0.1, 0.15) is 0 Å². The van der Waals surface area contributed by atoms with Gasteiger partial charge in [0.15, 0.2) is 0 Å². The monoisotopic (exact) mass is 223 g/mol. The molecule has 0 aromatic rings. The first-order valence-electron chi connectivity index (χ1n) is 7.54. The second-order valence-electron chi connectivity index (χ2n) is 6.23. The molecule has 0 bridgehead atoms. The van der Waals surface area contributed by atoms with E-state index in [1.54, 1.807) is 0 Å². The van der Waals surface area contributed by atoms with Crippen molar-refractivity contribution in [1.29, 1.82) is 0 Å². The molecule has 0 saturated heterocycles. The third kappa shape index (κ3) is 3.00. The molecule has 0 amide bonds. The van der Waals surface area contributed by atoms with Crippen LogP contribution in [0.15, 0.2) is 0 Å². The van der Waals surface area contributed by atoms with Crippen molar-refractivity contribution in [2.24, 2.45) is 23.5 Å². The van der Waals surface area contributed by atoms with Crippen molar-refractivity contribution in [3.05, 3.63) is 0 Å². The Hall–Kier alpha value is -0.0400. The smallest absolute Gasteiger partial charge is 0.00440 e. The molecule has 1 unspecified atom stereocenters. The van der Waals surface area contributed by atoms with Crippen molar-refractivity contribution in [2.75, 3.05) is 0 Å². The van der Waals surface area contributed by atoms with Gasteiger partial charge in [0.05, 0.1) is 0 Å². The van der Waals surface area contributed by atoms with Crippen LogP contribution in [0.3, 0.4) is 0 Å². The fourth-order valence-electron chi connectivity index (χ4n) is 4.28. The Labute approximate surface area is 101 Å². The van der Waals surface area contributed by atoms with Crippen molar-refractivity contribution in [3.8, 4) is 0 Å². The highest BCUT2D eigenvalue weighted by atomic mass is 14.7. The first kappa shape index (κ1) is 12.4. The van der Waals surface area contributed by atoms with Crippen LogP contribution in [0.5, 0.6) is 0 Å². The maximum Gasteiger partial charge on any atom is 0.00440 e. The minimum atomic E-state index is 0.422. The average molecular weight is 223 g/mol. The molecule has 0 radical (unpaired) electrons. The van der Waals surface area contributed by atoms with E-state index in [-0.39, 0.29) is 0 Å². The van der Waals surface area contributed by atoms with Gasteiger partial charge in [-0.25, -0.2) is 0 Å². The van der Waals surface area contributed by atoms with Crippen LogP contribution >= 0.6 is 0 Å². The van der Waals surface area contributed by atoms with E-state index in [0.717, 1.165) is 17.8 Å². The molecule has 94 valence electrons. The second-order valence-corrected chi connectivity index (χ2v) is 6.23. The minimum Gasteiger partial charge on any atom is -0.328 e. The first-order chi connectivity index (χ1) is 7.79. The number of nitrogens with two attached hydrogens (primary N) is 1. The Kier molecular flexibility index (Phi) is 4.69. The van der Waals surface area contributed by atoms with Crippen LogP contribution in [-0.4, -0.2) is 6.04 Å². The van der Waals surface area contributed by atoms with Crippen LogP contribution in [0.4, 0.5) is 0 Å². The van der Waals surface area contributed by atoms with E-state index in [1.165, 1.54) is 64.2 Å². The third-order valence-corrected chi connectivity index (χ3v) is 5.00. The van der Waals surface area contributed by atoms with Crippen molar-refractivity contribution >= 4 is 0 Å². The van der Waals surface area contributed by atoms with E-state index < -0.39 is 0 Å². The SMILES string of the molecule is CC(N)C(C1CCCCC1)C1CCCCC1. The van der Waals surface area contributed by atoms with Crippen LogP contribution in [-0.2, 0) is 0 Å². The molecule has 0 spiro atoms. The molecule has 0 heterocycles. The number of hydrogen-bond acceptors (Lipinski definition) is 1. The molecular formula is C15H29N. The summed E-state index contributed by atoms with van der Waals surface area (Å²) in [6, 6.07) is 0.422. The van der Waals surface area contributed by atoms with E-state index in [4.69, 9.17) is 5.73 Å².